The molecule has 27 heavy (non-hydrogen) atoms. The number of halogens is 3. The Morgan fingerprint density at radius 1 is 1.30 bits per heavy atom. The van der Waals surface area contributed by atoms with Crippen LogP contribution in [-0.2, 0) is 13.2 Å². The largest absolute Gasteiger partial charge is 0.491 e. The zero-order chi connectivity index (χ0) is 19.2. The number of nitrogens with zero attached hydrogens (tertiary/aromatic N) is 3. The molecular formula is C19H20F3N3O2. The molecule has 2 fully saturated rings. The maximum atomic E-state index is 12.9. The maximum absolute atomic E-state index is 12.9. The summed E-state index contributed by atoms with van der Waals surface area (Å²) >= 11 is 0. The van der Waals surface area contributed by atoms with E-state index in [4.69, 9.17) is 4.74 Å². The van der Waals surface area contributed by atoms with Gasteiger partial charge in [-0.25, -0.2) is 0 Å². The van der Waals surface area contributed by atoms with Crippen molar-refractivity contribution in [2.24, 2.45) is 13.0 Å². The number of fused-ring (bicyclic) bond motifs is 2. The summed E-state index contributed by atoms with van der Waals surface area (Å²) in [5.41, 5.74) is -0.358. The molecule has 1 aromatic heterocycles. The van der Waals surface area contributed by atoms with Crippen LogP contribution in [0.4, 0.5) is 13.2 Å². The third kappa shape index (κ3) is 3.40. The molecule has 8 heteroatoms. The van der Waals surface area contributed by atoms with E-state index in [-0.39, 0.29) is 30.3 Å². The first kappa shape index (κ1) is 17.9. The minimum atomic E-state index is -4.41. The molecule has 1 aliphatic heterocycles. The molecule has 3 atom stereocenters. The number of likely N-dealkylation sites (tertiary alicyclic amines) is 1. The van der Waals surface area contributed by atoms with Crippen molar-refractivity contribution in [2.45, 2.75) is 37.5 Å². The normalized spacial score (nSPS) is 24.4. The molecule has 2 aromatic rings. The number of rotatable bonds is 4. The lowest BCUT2D eigenvalue weighted by Gasteiger charge is -2.34. The Kier molecular flexibility index (Phi) is 4.36. The van der Waals surface area contributed by atoms with Gasteiger partial charge < -0.3 is 9.64 Å². The molecule has 0 spiro atoms. The number of carbonyl (C=O) groups is 1. The SMILES string of the molecule is Cn1ccc(C(=O)N2C3CCC(C3)[C@H]2COc2cccc(C(F)(F)F)c2)n1. The van der Waals surface area contributed by atoms with Gasteiger partial charge in [0.25, 0.3) is 5.91 Å². The van der Waals surface area contributed by atoms with E-state index in [2.05, 4.69) is 5.10 Å². The van der Waals surface area contributed by atoms with Crippen molar-refractivity contribution in [3.8, 4) is 5.75 Å². The van der Waals surface area contributed by atoms with Crippen LogP contribution in [0.2, 0.25) is 0 Å². The third-order valence-corrected chi connectivity index (χ3v) is 5.49. The highest BCUT2D eigenvalue weighted by Gasteiger charge is 2.48. The first-order valence-electron chi connectivity index (χ1n) is 8.95. The average Bonchev–Trinajstić information content (AvgIpc) is 3.34. The van der Waals surface area contributed by atoms with Crippen LogP contribution < -0.4 is 4.74 Å². The van der Waals surface area contributed by atoms with Crippen molar-refractivity contribution in [3.05, 3.63) is 47.8 Å². The van der Waals surface area contributed by atoms with Crippen LogP contribution in [0.3, 0.4) is 0 Å². The maximum Gasteiger partial charge on any atom is 0.416 e. The van der Waals surface area contributed by atoms with Gasteiger partial charge in [0.2, 0.25) is 0 Å². The minimum Gasteiger partial charge on any atom is -0.491 e. The summed E-state index contributed by atoms with van der Waals surface area (Å²) < 4.78 is 45.9. The van der Waals surface area contributed by atoms with Gasteiger partial charge in [-0.2, -0.15) is 18.3 Å². The van der Waals surface area contributed by atoms with Crippen molar-refractivity contribution in [3.63, 3.8) is 0 Å². The lowest BCUT2D eigenvalue weighted by Crippen LogP contribution is -2.48. The number of carbonyl (C=O) groups excluding carboxylic acids is 1. The number of amides is 1. The molecule has 4 rings (SSSR count). The van der Waals surface area contributed by atoms with E-state index in [9.17, 15) is 18.0 Å². The molecule has 1 amide bonds. The Bertz CT molecular complexity index is 849. The summed E-state index contributed by atoms with van der Waals surface area (Å²) in [6.07, 6.45) is 0.175. The molecule has 2 unspecified atom stereocenters. The van der Waals surface area contributed by atoms with Gasteiger partial charge in [-0.1, -0.05) is 6.07 Å². The van der Waals surface area contributed by atoms with Crippen molar-refractivity contribution in [1.29, 1.82) is 0 Å². The molecule has 2 aliphatic rings. The van der Waals surface area contributed by atoms with Gasteiger partial charge in [0.05, 0.1) is 11.6 Å². The molecule has 0 N–H and O–H groups in total. The summed E-state index contributed by atoms with van der Waals surface area (Å²) in [7, 11) is 1.75. The molecule has 2 heterocycles. The van der Waals surface area contributed by atoms with Crippen LogP contribution in [0.1, 0.15) is 35.3 Å². The summed E-state index contributed by atoms with van der Waals surface area (Å²) in [5, 5.41) is 4.19. The summed E-state index contributed by atoms with van der Waals surface area (Å²) in [4.78, 5) is 14.7. The first-order valence-corrected chi connectivity index (χ1v) is 8.95. The van der Waals surface area contributed by atoms with E-state index in [0.29, 0.717) is 11.6 Å². The predicted molar refractivity (Wildman–Crippen MR) is 91.2 cm³/mol. The topological polar surface area (TPSA) is 47.4 Å². The second-order valence-corrected chi connectivity index (χ2v) is 7.22. The first-order chi connectivity index (χ1) is 12.8. The van der Waals surface area contributed by atoms with Crippen LogP contribution in [-0.4, -0.2) is 39.3 Å². The molecule has 144 valence electrons. The van der Waals surface area contributed by atoms with Gasteiger partial charge in [0.15, 0.2) is 0 Å². The number of benzene rings is 1. The highest BCUT2D eigenvalue weighted by Crippen LogP contribution is 2.43. The molecular weight excluding hydrogens is 359 g/mol. The second kappa shape index (κ2) is 6.58. The Balaban J connectivity index is 1.50. The number of aryl methyl sites for hydroxylation is 1. The fourth-order valence-corrected chi connectivity index (χ4v) is 4.23. The number of hydrogen-bond donors (Lipinski definition) is 0. The number of hydrogen-bond acceptors (Lipinski definition) is 3. The summed E-state index contributed by atoms with van der Waals surface area (Å²) in [6, 6.07) is 6.54. The average molecular weight is 379 g/mol. The van der Waals surface area contributed by atoms with Crippen LogP contribution in [0, 0.1) is 5.92 Å². The lowest BCUT2D eigenvalue weighted by atomic mass is 9.99. The van der Waals surface area contributed by atoms with Gasteiger partial charge in [-0.05, 0) is 49.4 Å². The summed E-state index contributed by atoms with van der Waals surface area (Å²) in [5.74, 6) is 0.340. The fourth-order valence-electron chi connectivity index (χ4n) is 4.23. The van der Waals surface area contributed by atoms with E-state index in [1.54, 1.807) is 24.0 Å². The van der Waals surface area contributed by atoms with Gasteiger partial charge in [-0.15, -0.1) is 0 Å². The Morgan fingerprint density at radius 3 is 2.81 bits per heavy atom. The Hall–Kier alpha value is -2.51. The Labute approximate surface area is 154 Å². The van der Waals surface area contributed by atoms with E-state index < -0.39 is 11.7 Å². The minimum absolute atomic E-state index is 0.138. The van der Waals surface area contributed by atoms with Crippen molar-refractivity contribution in [1.82, 2.24) is 14.7 Å². The quantitative estimate of drug-likeness (QED) is 0.817. The molecule has 0 radical (unpaired) electrons. The number of alkyl halides is 3. The van der Waals surface area contributed by atoms with Crippen molar-refractivity contribution in [2.75, 3.05) is 6.61 Å². The van der Waals surface area contributed by atoms with Crippen LogP contribution in [0.5, 0.6) is 5.75 Å². The smallest absolute Gasteiger partial charge is 0.416 e. The second-order valence-electron chi connectivity index (χ2n) is 7.22. The molecule has 1 aliphatic carbocycles. The molecule has 1 saturated heterocycles. The van der Waals surface area contributed by atoms with Crippen molar-refractivity contribution >= 4 is 5.91 Å². The van der Waals surface area contributed by atoms with Crippen LogP contribution in [0.25, 0.3) is 0 Å². The summed E-state index contributed by atoms with van der Waals surface area (Å²) in [6.45, 7) is 0.182. The van der Waals surface area contributed by atoms with E-state index >= 15 is 0 Å². The lowest BCUT2D eigenvalue weighted by molar-refractivity contribution is -0.137. The van der Waals surface area contributed by atoms with Gasteiger partial charge >= 0.3 is 6.18 Å². The highest BCUT2D eigenvalue weighted by molar-refractivity contribution is 5.93. The number of aromatic nitrogens is 2. The zero-order valence-electron chi connectivity index (χ0n) is 14.8. The van der Waals surface area contributed by atoms with E-state index in [1.807, 2.05) is 4.90 Å². The molecule has 5 nitrogen and oxygen atoms in total. The Morgan fingerprint density at radius 2 is 2.11 bits per heavy atom. The number of piperidine rings is 1. The van der Waals surface area contributed by atoms with Crippen LogP contribution in [0.15, 0.2) is 36.5 Å². The third-order valence-electron chi connectivity index (χ3n) is 5.49. The van der Waals surface area contributed by atoms with E-state index in [1.165, 1.54) is 12.1 Å². The van der Waals surface area contributed by atoms with Gasteiger partial charge in [0.1, 0.15) is 18.1 Å². The number of ether oxygens (including phenoxy) is 1. The van der Waals surface area contributed by atoms with Gasteiger partial charge in [-0.3, -0.25) is 9.48 Å². The van der Waals surface area contributed by atoms with E-state index in [0.717, 1.165) is 31.4 Å². The van der Waals surface area contributed by atoms with Crippen molar-refractivity contribution < 1.29 is 22.7 Å². The fraction of sp³-hybridized carbons (Fsp3) is 0.474. The highest BCUT2D eigenvalue weighted by atomic mass is 19.4. The molecule has 1 saturated carbocycles. The predicted octanol–water partition coefficient (Wildman–Crippen LogP) is 3.51. The zero-order valence-corrected chi connectivity index (χ0v) is 14.8. The monoisotopic (exact) mass is 379 g/mol. The van der Waals surface area contributed by atoms with Crippen LogP contribution >= 0.6 is 0 Å². The standard InChI is InChI=1S/C19H20F3N3O2/c1-24-8-7-16(23-24)18(26)25-14-6-5-12(9-14)17(25)11-27-15-4-2-3-13(10-15)19(20,21)22/h2-4,7-8,10,12,14,17H,5-6,9,11H2,1H3/t12?,14?,17-/m1/s1. The molecule has 2 bridgehead atoms. The van der Waals surface area contributed by atoms with Gasteiger partial charge in [0, 0.05) is 19.3 Å². The molecule has 1 aromatic carbocycles.